The summed E-state index contributed by atoms with van der Waals surface area (Å²) in [6.07, 6.45) is 5.07. The first-order valence-electron chi connectivity index (χ1n) is 6.16. The molecule has 0 radical (unpaired) electrons. The highest BCUT2D eigenvalue weighted by Crippen LogP contribution is 2.05. The van der Waals surface area contributed by atoms with Crippen molar-refractivity contribution < 1.29 is 9.53 Å². The van der Waals surface area contributed by atoms with Crippen molar-refractivity contribution in [1.82, 2.24) is 19.7 Å². The number of aromatic nitrogens is 4. The second kappa shape index (κ2) is 6.08. The van der Waals surface area contributed by atoms with Crippen LogP contribution in [0.3, 0.4) is 0 Å². The van der Waals surface area contributed by atoms with Crippen molar-refractivity contribution in [3.63, 3.8) is 0 Å². The predicted molar refractivity (Wildman–Crippen MR) is 68.6 cm³/mol. The molecule has 0 unspecified atom stereocenters. The molecular weight excluding hydrogens is 244 g/mol. The lowest BCUT2D eigenvalue weighted by Gasteiger charge is -1.99. The minimum absolute atomic E-state index is 0.116. The van der Waals surface area contributed by atoms with Crippen LogP contribution in [0.2, 0.25) is 0 Å². The van der Waals surface area contributed by atoms with Crippen molar-refractivity contribution >= 4 is 5.97 Å². The third kappa shape index (κ3) is 3.37. The minimum atomic E-state index is -0.481. The van der Waals surface area contributed by atoms with E-state index in [1.165, 1.54) is 0 Å². The highest BCUT2D eigenvalue weighted by molar-refractivity contribution is 5.84. The zero-order valence-corrected chi connectivity index (χ0v) is 11.0. The first kappa shape index (κ1) is 13.2. The summed E-state index contributed by atoms with van der Waals surface area (Å²) in [5.74, 6) is 0.392. The van der Waals surface area contributed by atoms with Gasteiger partial charge in [0.25, 0.3) is 5.82 Å². The highest BCUT2D eigenvalue weighted by Gasteiger charge is 2.15. The van der Waals surface area contributed by atoms with E-state index in [1.807, 2.05) is 18.3 Å². The number of esters is 1. The Morgan fingerprint density at radius 1 is 1.42 bits per heavy atom. The maximum Gasteiger partial charge on any atom is 0.378 e. The first-order chi connectivity index (χ1) is 9.20. The van der Waals surface area contributed by atoms with Crippen LogP contribution in [0.25, 0.3) is 0 Å². The normalized spacial score (nSPS) is 10.4. The molecule has 0 saturated carbocycles. The first-order valence-corrected chi connectivity index (χ1v) is 6.16. The van der Waals surface area contributed by atoms with Crippen molar-refractivity contribution in [1.29, 1.82) is 0 Å². The summed E-state index contributed by atoms with van der Waals surface area (Å²) in [6.45, 7) is 2.08. The van der Waals surface area contributed by atoms with Gasteiger partial charge in [-0.15, -0.1) is 5.10 Å². The second-order valence-electron chi connectivity index (χ2n) is 4.06. The van der Waals surface area contributed by atoms with Gasteiger partial charge in [0.15, 0.2) is 0 Å². The van der Waals surface area contributed by atoms with Gasteiger partial charge in [-0.05, 0) is 25.0 Å². The molecule has 0 spiro atoms. The molecule has 2 aromatic heterocycles. The summed E-state index contributed by atoms with van der Waals surface area (Å²) in [6, 6.07) is 3.91. The van der Waals surface area contributed by atoms with E-state index in [-0.39, 0.29) is 5.82 Å². The molecule has 6 nitrogen and oxygen atoms in total. The molecule has 19 heavy (non-hydrogen) atoms. The van der Waals surface area contributed by atoms with Crippen molar-refractivity contribution in [2.24, 2.45) is 7.05 Å². The fourth-order valence-corrected chi connectivity index (χ4v) is 1.72. The van der Waals surface area contributed by atoms with Gasteiger partial charge in [0.2, 0.25) is 0 Å². The average Bonchev–Trinajstić information content (AvgIpc) is 2.79. The SMILES string of the molecule is CCOC(=O)c1nc(CCc2cccnc2)n(C)n1. The molecule has 0 atom stereocenters. The number of rotatable bonds is 5. The Kier molecular flexibility index (Phi) is 4.22. The Morgan fingerprint density at radius 2 is 2.26 bits per heavy atom. The molecule has 2 heterocycles. The Bertz CT molecular complexity index is 551. The van der Waals surface area contributed by atoms with Crippen molar-refractivity contribution in [3.05, 3.63) is 41.7 Å². The number of hydrogen-bond acceptors (Lipinski definition) is 5. The minimum Gasteiger partial charge on any atom is -0.460 e. The van der Waals surface area contributed by atoms with Gasteiger partial charge in [-0.25, -0.2) is 9.78 Å². The third-order valence-electron chi connectivity index (χ3n) is 2.67. The average molecular weight is 260 g/mol. The smallest absolute Gasteiger partial charge is 0.378 e. The van der Waals surface area contributed by atoms with Gasteiger partial charge in [0.05, 0.1) is 6.61 Å². The van der Waals surface area contributed by atoms with E-state index < -0.39 is 5.97 Å². The van der Waals surface area contributed by atoms with Crippen molar-refractivity contribution in [3.8, 4) is 0 Å². The van der Waals surface area contributed by atoms with E-state index in [0.29, 0.717) is 13.0 Å². The topological polar surface area (TPSA) is 69.9 Å². The molecule has 0 N–H and O–H groups in total. The largest absolute Gasteiger partial charge is 0.460 e. The standard InChI is InChI=1S/C13H16N4O2/c1-3-19-13(18)12-15-11(17(2)16-12)7-6-10-5-4-8-14-9-10/h4-5,8-9H,3,6-7H2,1-2H3. The van der Waals surface area contributed by atoms with Crippen LogP contribution in [0.1, 0.15) is 28.9 Å². The van der Waals surface area contributed by atoms with Gasteiger partial charge in [-0.2, -0.15) is 0 Å². The van der Waals surface area contributed by atoms with E-state index in [4.69, 9.17) is 4.74 Å². The van der Waals surface area contributed by atoms with Crippen LogP contribution < -0.4 is 0 Å². The van der Waals surface area contributed by atoms with Crippen LogP contribution in [-0.4, -0.2) is 32.3 Å². The zero-order valence-electron chi connectivity index (χ0n) is 11.0. The van der Waals surface area contributed by atoms with E-state index in [0.717, 1.165) is 17.8 Å². The Hall–Kier alpha value is -2.24. The quantitative estimate of drug-likeness (QED) is 0.755. The Balaban J connectivity index is 2.03. The molecule has 0 saturated heterocycles. The zero-order chi connectivity index (χ0) is 13.7. The lowest BCUT2D eigenvalue weighted by atomic mass is 10.1. The molecule has 0 aliphatic carbocycles. The molecule has 0 aliphatic rings. The summed E-state index contributed by atoms with van der Waals surface area (Å²) >= 11 is 0. The fraction of sp³-hybridized carbons (Fsp3) is 0.385. The maximum atomic E-state index is 11.5. The highest BCUT2D eigenvalue weighted by atomic mass is 16.5. The Labute approximate surface area is 111 Å². The monoisotopic (exact) mass is 260 g/mol. The van der Waals surface area contributed by atoms with Crippen LogP contribution >= 0.6 is 0 Å². The van der Waals surface area contributed by atoms with Crippen LogP contribution in [-0.2, 0) is 24.6 Å². The summed E-state index contributed by atoms with van der Waals surface area (Å²) in [5.41, 5.74) is 1.13. The lowest BCUT2D eigenvalue weighted by Crippen LogP contribution is -2.07. The number of pyridine rings is 1. The molecule has 0 fully saturated rings. The van der Waals surface area contributed by atoms with E-state index in [9.17, 15) is 4.79 Å². The van der Waals surface area contributed by atoms with E-state index in [1.54, 1.807) is 24.9 Å². The molecule has 0 bridgehead atoms. The number of nitrogens with zero attached hydrogens (tertiary/aromatic N) is 4. The van der Waals surface area contributed by atoms with Gasteiger partial charge >= 0.3 is 5.97 Å². The van der Waals surface area contributed by atoms with Crippen LogP contribution in [0.4, 0.5) is 0 Å². The molecule has 2 rings (SSSR count). The summed E-state index contributed by atoms with van der Waals surface area (Å²) in [7, 11) is 1.77. The van der Waals surface area contributed by atoms with Gasteiger partial charge in [0.1, 0.15) is 5.82 Å². The number of carbonyl (C=O) groups is 1. The predicted octanol–water partition coefficient (Wildman–Crippen LogP) is 1.17. The molecule has 0 amide bonds. The second-order valence-corrected chi connectivity index (χ2v) is 4.06. The molecule has 100 valence electrons. The van der Waals surface area contributed by atoms with E-state index in [2.05, 4.69) is 15.1 Å². The fourth-order valence-electron chi connectivity index (χ4n) is 1.72. The van der Waals surface area contributed by atoms with Gasteiger partial charge in [0, 0.05) is 25.9 Å². The van der Waals surface area contributed by atoms with Crippen LogP contribution in [0.15, 0.2) is 24.5 Å². The number of carbonyl (C=O) groups excluding carboxylic acids is 1. The molecule has 0 aromatic carbocycles. The van der Waals surface area contributed by atoms with Crippen molar-refractivity contribution in [2.45, 2.75) is 19.8 Å². The summed E-state index contributed by atoms with van der Waals surface area (Å²) in [4.78, 5) is 19.8. The molecule has 6 heteroatoms. The summed E-state index contributed by atoms with van der Waals surface area (Å²) in [5, 5.41) is 4.06. The molecule has 0 aliphatic heterocycles. The van der Waals surface area contributed by atoms with Crippen LogP contribution in [0.5, 0.6) is 0 Å². The van der Waals surface area contributed by atoms with Crippen LogP contribution in [0, 0.1) is 0 Å². The summed E-state index contributed by atoms with van der Waals surface area (Å²) < 4.78 is 6.49. The number of aryl methyl sites for hydroxylation is 3. The van der Waals surface area contributed by atoms with E-state index >= 15 is 0 Å². The van der Waals surface area contributed by atoms with Crippen molar-refractivity contribution in [2.75, 3.05) is 6.61 Å². The molecule has 2 aromatic rings. The lowest BCUT2D eigenvalue weighted by molar-refractivity contribution is 0.0512. The van der Waals surface area contributed by atoms with Gasteiger partial charge < -0.3 is 4.74 Å². The van der Waals surface area contributed by atoms with Gasteiger partial charge in [-0.3, -0.25) is 9.67 Å². The number of hydrogen-bond donors (Lipinski definition) is 0. The Morgan fingerprint density at radius 3 is 2.95 bits per heavy atom. The van der Waals surface area contributed by atoms with Gasteiger partial charge in [-0.1, -0.05) is 6.07 Å². The third-order valence-corrected chi connectivity index (χ3v) is 2.67. The number of ether oxygens (including phenoxy) is 1. The molecular formula is C13H16N4O2. The maximum absolute atomic E-state index is 11.5.